The van der Waals surface area contributed by atoms with Crippen molar-refractivity contribution in [3.63, 3.8) is 0 Å². The number of carbonyl (C=O) groups is 1. The quantitative estimate of drug-likeness (QED) is 0.806. The lowest BCUT2D eigenvalue weighted by Crippen LogP contribution is -2.41. The zero-order valence-corrected chi connectivity index (χ0v) is 14.4. The van der Waals surface area contributed by atoms with Crippen LogP contribution >= 0.6 is 0 Å². The third-order valence-corrected chi connectivity index (χ3v) is 5.47. The summed E-state index contributed by atoms with van der Waals surface area (Å²) < 4.78 is 7.59. The Morgan fingerprint density at radius 3 is 2.88 bits per heavy atom. The highest BCUT2D eigenvalue weighted by Crippen LogP contribution is 2.40. The molecule has 2 aromatic heterocycles. The monoisotopic (exact) mass is 328 g/mol. The smallest absolute Gasteiger partial charge is 0.257 e. The van der Waals surface area contributed by atoms with Gasteiger partial charge in [-0.1, -0.05) is 12.8 Å². The molecule has 3 heterocycles. The Morgan fingerprint density at radius 1 is 1.29 bits per heavy atom. The minimum absolute atomic E-state index is 0.0480. The van der Waals surface area contributed by atoms with E-state index in [4.69, 9.17) is 4.74 Å². The molecule has 0 radical (unpaired) electrons. The van der Waals surface area contributed by atoms with Crippen LogP contribution < -0.4 is 0 Å². The van der Waals surface area contributed by atoms with Gasteiger partial charge < -0.3 is 9.64 Å². The van der Waals surface area contributed by atoms with Crippen LogP contribution in [0.15, 0.2) is 12.3 Å². The van der Waals surface area contributed by atoms with Crippen molar-refractivity contribution >= 4 is 11.6 Å². The van der Waals surface area contributed by atoms with Crippen LogP contribution in [0.4, 0.5) is 0 Å². The van der Waals surface area contributed by atoms with Crippen molar-refractivity contribution < 1.29 is 9.53 Å². The van der Waals surface area contributed by atoms with Gasteiger partial charge in [-0.25, -0.2) is 9.50 Å². The first-order chi connectivity index (χ1) is 11.6. The highest BCUT2D eigenvalue weighted by atomic mass is 16.5. The molecule has 0 bridgehead atoms. The van der Waals surface area contributed by atoms with Crippen molar-refractivity contribution in [2.45, 2.75) is 39.5 Å². The minimum Gasteiger partial charge on any atom is -0.379 e. The fraction of sp³-hybridized carbons (Fsp3) is 0.611. The molecular formula is C18H24N4O2. The summed E-state index contributed by atoms with van der Waals surface area (Å²) in [4.78, 5) is 19.5. The van der Waals surface area contributed by atoms with Gasteiger partial charge in [0.25, 0.3) is 5.91 Å². The number of nitrogens with zero attached hydrogens (tertiary/aromatic N) is 4. The van der Waals surface area contributed by atoms with Crippen molar-refractivity contribution in [2.24, 2.45) is 5.41 Å². The lowest BCUT2D eigenvalue weighted by atomic mass is 9.86. The largest absolute Gasteiger partial charge is 0.379 e. The standard InChI is InChI=1S/C18H24N4O2/c1-13-9-16-19-10-15(14(2)22(16)20-13)17(23)21-7-8-24-12-18(11-21)5-3-4-6-18/h9-10H,3-8,11-12H2,1-2H3. The van der Waals surface area contributed by atoms with Gasteiger partial charge in [-0.15, -0.1) is 0 Å². The van der Waals surface area contributed by atoms with Gasteiger partial charge in [0.05, 0.1) is 30.2 Å². The second kappa shape index (κ2) is 5.84. The van der Waals surface area contributed by atoms with Crippen LogP contribution in [0.3, 0.4) is 0 Å². The molecule has 0 atom stereocenters. The predicted octanol–water partition coefficient (Wildman–Crippen LogP) is 2.38. The molecule has 2 fully saturated rings. The number of hydrogen-bond donors (Lipinski definition) is 0. The van der Waals surface area contributed by atoms with Gasteiger partial charge in [-0.05, 0) is 26.7 Å². The van der Waals surface area contributed by atoms with E-state index >= 15 is 0 Å². The Balaban J connectivity index is 1.66. The van der Waals surface area contributed by atoms with E-state index in [2.05, 4.69) is 10.1 Å². The molecule has 1 amide bonds. The van der Waals surface area contributed by atoms with Crippen LogP contribution in [0.2, 0.25) is 0 Å². The fourth-order valence-corrected chi connectivity index (χ4v) is 4.14. The van der Waals surface area contributed by atoms with Crippen molar-refractivity contribution in [2.75, 3.05) is 26.3 Å². The van der Waals surface area contributed by atoms with Crippen molar-refractivity contribution in [1.29, 1.82) is 0 Å². The zero-order chi connectivity index (χ0) is 16.7. The Labute approximate surface area is 141 Å². The first-order valence-corrected chi connectivity index (χ1v) is 8.77. The highest BCUT2D eigenvalue weighted by Gasteiger charge is 2.39. The predicted molar refractivity (Wildman–Crippen MR) is 90.1 cm³/mol. The van der Waals surface area contributed by atoms with Crippen LogP contribution in [-0.4, -0.2) is 51.7 Å². The molecule has 6 heteroatoms. The maximum Gasteiger partial charge on any atom is 0.257 e. The minimum atomic E-state index is 0.0480. The molecule has 1 saturated heterocycles. The van der Waals surface area contributed by atoms with Gasteiger partial charge in [0.1, 0.15) is 0 Å². The molecule has 1 aliphatic carbocycles. The van der Waals surface area contributed by atoms with Crippen molar-refractivity contribution in [1.82, 2.24) is 19.5 Å². The highest BCUT2D eigenvalue weighted by molar-refractivity contribution is 5.95. The topological polar surface area (TPSA) is 59.7 Å². The first kappa shape index (κ1) is 15.6. The number of aryl methyl sites for hydroxylation is 2. The Bertz CT molecular complexity index is 777. The van der Waals surface area contributed by atoms with Crippen LogP contribution in [0.1, 0.15) is 47.4 Å². The van der Waals surface area contributed by atoms with E-state index < -0.39 is 0 Å². The second-order valence-electron chi connectivity index (χ2n) is 7.30. The number of hydrogen-bond acceptors (Lipinski definition) is 4. The molecule has 0 aromatic carbocycles. The van der Waals surface area contributed by atoms with Gasteiger partial charge in [0.15, 0.2) is 5.65 Å². The van der Waals surface area contributed by atoms with Gasteiger partial charge >= 0.3 is 0 Å². The zero-order valence-electron chi connectivity index (χ0n) is 14.4. The van der Waals surface area contributed by atoms with E-state index in [1.54, 1.807) is 10.7 Å². The van der Waals surface area contributed by atoms with E-state index in [-0.39, 0.29) is 11.3 Å². The average Bonchev–Trinajstić information content (AvgIpc) is 3.10. The van der Waals surface area contributed by atoms with Crippen molar-refractivity contribution in [3.8, 4) is 0 Å². The molecule has 6 nitrogen and oxygen atoms in total. The number of carbonyl (C=O) groups excluding carboxylic acids is 1. The Morgan fingerprint density at radius 2 is 2.08 bits per heavy atom. The van der Waals surface area contributed by atoms with Gasteiger partial charge in [0, 0.05) is 30.8 Å². The first-order valence-electron chi connectivity index (χ1n) is 8.77. The molecule has 1 spiro atoms. The van der Waals surface area contributed by atoms with Crippen molar-refractivity contribution in [3.05, 3.63) is 29.2 Å². The maximum absolute atomic E-state index is 13.2. The van der Waals surface area contributed by atoms with Crippen LogP contribution in [-0.2, 0) is 4.74 Å². The molecule has 128 valence electrons. The molecule has 1 aliphatic heterocycles. The summed E-state index contributed by atoms with van der Waals surface area (Å²) in [5.74, 6) is 0.0480. The second-order valence-corrected chi connectivity index (χ2v) is 7.30. The number of fused-ring (bicyclic) bond motifs is 1. The molecule has 0 unspecified atom stereocenters. The number of rotatable bonds is 1. The average molecular weight is 328 g/mol. The summed E-state index contributed by atoms with van der Waals surface area (Å²) in [7, 11) is 0. The summed E-state index contributed by atoms with van der Waals surface area (Å²) in [6.45, 7) is 6.71. The van der Waals surface area contributed by atoms with Gasteiger partial charge in [-0.3, -0.25) is 4.79 Å². The normalized spacial score (nSPS) is 20.7. The lowest BCUT2D eigenvalue weighted by molar-refractivity contribution is 0.0643. The molecular weight excluding hydrogens is 304 g/mol. The van der Waals surface area contributed by atoms with Crippen LogP contribution in [0.25, 0.3) is 5.65 Å². The maximum atomic E-state index is 13.2. The Kier molecular flexibility index (Phi) is 3.79. The molecule has 4 rings (SSSR count). The third kappa shape index (κ3) is 2.59. The number of aromatic nitrogens is 3. The van der Waals surface area contributed by atoms with Crippen LogP contribution in [0, 0.1) is 19.3 Å². The van der Waals surface area contributed by atoms with E-state index in [0.717, 1.165) is 43.0 Å². The SMILES string of the molecule is Cc1cc2ncc(C(=O)N3CCOCC4(CCCC4)C3)c(C)n2n1. The lowest BCUT2D eigenvalue weighted by Gasteiger charge is -2.31. The molecule has 2 aliphatic rings. The summed E-state index contributed by atoms with van der Waals surface area (Å²) >= 11 is 0. The fourth-order valence-electron chi connectivity index (χ4n) is 4.14. The van der Waals surface area contributed by atoms with Crippen LogP contribution in [0.5, 0.6) is 0 Å². The van der Waals surface area contributed by atoms with Gasteiger partial charge in [-0.2, -0.15) is 5.10 Å². The van der Waals surface area contributed by atoms with E-state index in [1.807, 2.05) is 24.8 Å². The van der Waals surface area contributed by atoms with E-state index in [1.165, 1.54) is 12.8 Å². The number of ether oxygens (including phenoxy) is 1. The third-order valence-electron chi connectivity index (χ3n) is 5.47. The molecule has 1 saturated carbocycles. The summed E-state index contributed by atoms with van der Waals surface area (Å²) in [5, 5.41) is 4.45. The van der Waals surface area contributed by atoms with Gasteiger partial charge in [0.2, 0.25) is 0 Å². The number of amides is 1. The summed E-state index contributed by atoms with van der Waals surface area (Å²) in [6, 6.07) is 1.93. The summed E-state index contributed by atoms with van der Waals surface area (Å²) in [5.41, 5.74) is 3.33. The Hall–Kier alpha value is -1.95. The summed E-state index contributed by atoms with van der Waals surface area (Å²) in [6.07, 6.45) is 6.49. The van der Waals surface area contributed by atoms with E-state index in [9.17, 15) is 4.79 Å². The van der Waals surface area contributed by atoms with E-state index in [0.29, 0.717) is 18.7 Å². The molecule has 2 aromatic rings. The molecule has 24 heavy (non-hydrogen) atoms. The molecule has 0 N–H and O–H groups in total.